The van der Waals surface area contributed by atoms with Crippen LogP contribution >= 0.6 is 12.4 Å². The van der Waals surface area contributed by atoms with Crippen LogP contribution in [0.3, 0.4) is 0 Å². The second kappa shape index (κ2) is 5.46. The molecule has 0 fully saturated rings. The van der Waals surface area contributed by atoms with E-state index in [0.29, 0.717) is 11.4 Å². The molecule has 0 unspecified atom stereocenters. The molecule has 0 amide bonds. The largest absolute Gasteiger partial charge is 0.329 e. The summed E-state index contributed by atoms with van der Waals surface area (Å²) < 4.78 is 22.3. The maximum atomic E-state index is 11.1. The Hall–Kier alpha value is -0.620. The number of benzene rings is 1. The molecule has 0 aliphatic carbocycles. The maximum Gasteiger partial charge on any atom is 0.175 e. The Balaban J connectivity index is 0.00000196. The van der Waals surface area contributed by atoms with Crippen molar-refractivity contribution in [3.8, 4) is 0 Å². The zero-order valence-electron chi connectivity index (χ0n) is 8.38. The minimum absolute atomic E-state index is 0. The topological polar surface area (TPSA) is 86.2 Å². The zero-order valence-corrected chi connectivity index (χ0v) is 10.0. The molecule has 1 rings (SSSR count). The van der Waals surface area contributed by atoms with Gasteiger partial charge in [-0.25, -0.2) is 8.42 Å². The van der Waals surface area contributed by atoms with E-state index in [9.17, 15) is 8.42 Å². The van der Waals surface area contributed by atoms with Gasteiger partial charge in [0.2, 0.25) is 0 Å². The van der Waals surface area contributed by atoms with E-state index in [0.717, 1.165) is 5.56 Å². The summed E-state index contributed by atoms with van der Waals surface area (Å²) in [5, 5.41) is 0. The Bertz CT molecular complexity index is 403. The predicted octanol–water partition coefficient (Wildman–Crippen LogP) is 0.470. The third-order valence-electron chi connectivity index (χ3n) is 1.99. The molecule has 1 atom stereocenters. The van der Waals surface area contributed by atoms with Crippen molar-refractivity contribution in [3.63, 3.8) is 0 Å². The predicted molar refractivity (Wildman–Crippen MR) is 62.8 cm³/mol. The molecule has 4 N–H and O–H groups in total. The Kier molecular flexibility index (Phi) is 5.23. The van der Waals surface area contributed by atoms with E-state index in [1.165, 1.54) is 6.26 Å². The van der Waals surface area contributed by atoms with Crippen LogP contribution in [0.15, 0.2) is 29.2 Å². The molecule has 0 saturated carbocycles. The number of halogens is 1. The van der Waals surface area contributed by atoms with Crippen molar-refractivity contribution in [2.75, 3.05) is 12.8 Å². The van der Waals surface area contributed by atoms with Crippen molar-refractivity contribution in [1.82, 2.24) is 0 Å². The average Bonchev–Trinajstić information content (AvgIpc) is 2.15. The maximum absolute atomic E-state index is 11.1. The molecule has 0 aliphatic heterocycles. The molecule has 6 heteroatoms. The molecule has 1 aromatic rings. The first-order valence-electron chi connectivity index (χ1n) is 4.21. The first-order valence-corrected chi connectivity index (χ1v) is 6.10. The van der Waals surface area contributed by atoms with Crippen LogP contribution in [0.4, 0.5) is 0 Å². The number of hydrogen-bond donors (Lipinski definition) is 2. The highest BCUT2D eigenvalue weighted by atomic mass is 35.5. The fraction of sp³-hybridized carbons (Fsp3) is 0.333. The summed E-state index contributed by atoms with van der Waals surface area (Å²) in [5.41, 5.74) is 11.9. The standard InChI is InChI=1S/C9H14N2O2S.ClH/c1-14(12,13)8-4-2-7(3-5-8)9(11)6-10;/h2-5,9H,6,10-11H2,1H3;1H/t9-;/m0./s1. The fourth-order valence-corrected chi connectivity index (χ4v) is 1.73. The Labute approximate surface area is 96.0 Å². The molecule has 0 radical (unpaired) electrons. The summed E-state index contributed by atoms with van der Waals surface area (Å²) in [7, 11) is -3.12. The number of hydrogen-bond acceptors (Lipinski definition) is 4. The minimum atomic E-state index is -3.12. The van der Waals surface area contributed by atoms with E-state index < -0.39 is 9.84 Å². The van der Waals surface area contributed by atoms with Gasteiger partial charge in [-0.05, 0) is 17.7 Å². The summed E-state index contributed by atoms with van der Waals surface area (Å²) in [6, 6.07) is 6.23. The van der Waals surface area contributed by atoms with Gasteiger partial charge in [0.25, 0.3) is 0 Å². The normalized spacial score (nSPS) is 13.0. The molecule has 0 aliphatic rings. The van der Waals surface area contributed by atoms with Crippen molar-refractivity contribution >= 4 is 22.2 Å². The third kappa shape index (κ3) is 3.79. The summed E-state index contributed by atoms with van der Waals surface area (Å²) >= 11 is 0. The van der Waals surface area contributed by atoms with Crippen LogP contribution in [-0.2, 0) is 9.84 Å². The van der Waals surface area contributed by atoms with Gasteiger partial charge in [0.05, 0.1) is 4.90 Å². The Morgan fingerprint density at radius 2 is 1.73 bits per heavy atom. The smallest absolute Gasteiger partial charge is 0.175 e. The number of nitrogens with two attached hydrogens (primary N) is 2. The van der Waals surface area contributed by atoms with E-state index in [1.807, 2.05) is 0 Å². The average molecular weight is 251 g/mol. The fourth-order valence-electron chi connectivity index (χ4n) is 1.10. The van der Waals surface area contributed by atoms with Crippen molar-refractivity contribution in [3.05, 3.63) is 29.8 Å². The first kappa shape index (κ1) is 14.4. The lowest BCUT2D eigenvalue weighted by Crippen LogP contribution is -2.20. The molecule has 86 valence electrons. The molecule has 15 heavy (non-hydrogen) atoms. The lowest BCUT2D eigenvalue weighted by molar-refractivity contribution is 0.601. The quantitative estimate of drug-likeness (QED) is 0.817. The van der Waals surface area contributed by atoms with Gasteiger partial charge in [-0.2, -0.15) is 0 Å². The van der Waals surface area contributed by atoms with E-state index >= 15 is 0 Å². The van der Waals surface area contributed by atoms with E-state index in [4.69, 9.17) is 11.5 Å². The van der Waals surface area contributed by atoms with Gasteiger partial charge in [-0.1, -0.05) is 12.1 Å². The van der Waals surface area contributed by atoms with Crippen molar-refractivity contribution in [1.29, 1.82) is 0 Å². The highest BCUT2D eigenvalue weighted by molar-refractivity contribution is 7.90. The van der Waals surface area contributed by atoms with Gasteiger partial charge >= 0.3 is 0 Å². The van der Waals surface area contributed by atoms with Crippen LogP contribution in [0, 0.1) is 0 Å². The lowest BCUT2D eigenvalue weighted by Gasteiger charge is -2.08. The molecular formula is C9H15ClN2O2S. The SMILES string of the molecule is CS(=O)(=O)c1ccc([C@@H](N)CN)cc1.Cl. The molecule has 0 saturated heterocycles. The third-order valence-corrected chi connectivity index (χ3v) is 3.12. The monoisotopic (exact) mass is 250 g/mol. The van der Waals surface area contributed by atoms with Gasteiger partial charge in [-0.15, -0.1) is 12.4 Å². The Morgan fingerprint density at radius 1 is 1.27 bits per heavy atom. The van der Waals surface area contributed by atoms with Gasteiger partial charge in [0.15, 0.2) is 9.84 Å². The van der Waals surface area contributed by atoms with Gasteiger partial charge < -0.3 is 11.5 Å². The van der Waals surface area contributed by atoms with Crippen LogP contribution in [0.25, 0.3) is 0 Å². The molecule has 0 aromatic heterocycles. The highest BCUT2D eigenvalue weighted by Crippen LogP contribution is 2.13. The first-order chi connectivity index (χ1) is 6.45. The number of sulfone groups is 1. The molecule has 0 spiro atoms. The highest BCUT2D eigenvalue weighted by Gasteiger charge is 2.08. The summed E-state index contributed by atoms with van der Waals surface area (Å²) in [6.45, 7) is 0.345. The van der Waals surface area contributed by atoms with Crippen LogP contribution in [0.1, 0.15) is 11.6 Å². The molecule has 4 nitrogen and oxygen atoms in total. The molecule has 1 aromatic carbocycles. The second-order valence-electron chi connectivity index (χ2n) is 3.18. The van der Waals surface area contributed by atoms with Crippen molar-refractivity contribution < 1.29 is 8.42 Å². The van der Waals surface area contributed by atoms with Crippen LogP contribution in [-0.4, -0.2) is 21.2 Å². The van der Waals surface area contributed by atoms with Gasteiger partial charge in [0.1, 0.15) is 0 Å². The van der Waals surface area contributed by atoms with Crippen LogP contribution in [0.2, 0.25) is 0 Å². The summed E-state index contributed by atoms with van der Waals surface area (Å²) in [5.74, 6) is 0. The lowest BCUT2D eigenvalue weighted by atomic mass is 10.1. The zero-order chi connectivity index (χ0) is 10.8. The number of rotatable bonds is 3. The summed E-state index contributed by atoms with van der Waals surface area (Å²) in [4.78, 5) is 0.297. The van der Waals surface area contributed by atoms with Gasteiger partial charge in [-0.3, -0.25) is 0 Å². The van der Waals surface area contributed by atoms with Crippen LogP contribution in [0.5, 0.6) is 0 Å². The van der Waals surface area contributed by atoms with Crippen LogP contribution < -0.4 is 11.5 Å². The van der Waals surface area contributed by atoms with Crippen molar-refractivity contribution in [2.45, 2.75) is 10.9 Å². The summed E-state index contributed by atoms with van der Waals surface area (Å²) in [6.07, 6.45) is 1.17. The molecule has 0 heterocycles. The molecular weight excluding hydrogens is 236 g/mol. The van der Waals surface area contributed by atoms with Crippen molar-refractivity contribution in [2.24, 2.45) is 11.5 Å². The van der Waals surface area contributed by atoms with E-state index in [1.54, 1.807) is 24.3 Å². The minimum Gasteiger partial charge on any atom is -0.329 e. The van der Waals surface area contributed by atoms with E-state index in [-0.39, 0.29) is 18.4 Å². The Morgan fingerprint density at radius 3 is 2.07 bits per heavy atom. The molecule has 0 bridgehead atoms. The second-order valence-corrected chi connectivity index (χ2v) is 5.20. The van der Waals surface area contributed by atoms with E-state index in [2.05, 4.69) is 0 Å². The van der Waals surface area contributed by atoms with Gasteiger partial charge in [0, 0.05) is 18.8 Å².